The molecule has 172 valence electrons. The minimum atomic E-state index is -1.76. The number of hydrogen-bond acceptors (Lipinski definition) is 11. The number of aliphatic hydroxyl groups is 3. The van der Waals surface area contributed by atoms with Crippen molar-refractivity contribution < 1.29 is 54.1 Å². The van der Waals surface area contributed by atoms with E-state index in [1.807, 2.05) is 0 Å². The molecule has 2 aromatic carbocycles. The van der Waals surface area contributed by atoms with E-state index in [-0.39, 0.29) is 28.4 Å². The van der Waals surface area contributed by atoms with E-state index < -0.39 is 49.3 Å². The number of methoxy groups -OCH3 is 1. The molecule has 1 aliphatic heterocycles. The summed E-state index contributed by atoms with van der Waals surface area (Å²) in [6.07, 6.45) is -8.03. The van der Waals surface area contributed by atoms with Crippen LogP contribution in [-0.2, 0) is 14.2 Å². The Labute approximate surface area is 182 Å². The maximum atomic E-state index is 12.6. The molecule has 0 amide bonds. The molecule has 1 fully saturated rings. The molecule has 1 saturated heterocycles. The predicted octanol–water partition coefficient (Wildman–Crippen LogP) is -0.0722. The van der Waals surface area contributed by atoms with Crippen LogP contribution in [0.3, 0.4) is 0 Å². The Morgan fingerprint density at radius 1 is 0.938 bits per heavy atom. The summed E-state index contributed by atoms with van der Waals surface area (Å²) in [4.78, 5) is 25.1. The van der Waals surface area contributed by atoms with Crippen LogP contribution in [0.2, 0.25) is 0 Å². The van der Waals surface area contributed by atoms with Crippen molar-refractivity contribution in [3.8, 4) is 17.2 Å². The molecule has 0 radical (unpaired) electrons. The van der Waals surface area contributed by atoms with Crippen molar-refractivity contribution in [2.24, 2.45) is 0 Å². The maximum absolute atomic E-state index is 12.6. The standard InChI is InChI=1S/C21H22O11/c1-29-14-8-11(4-7-13(14)24)20(28)32-21-18(17(26)16(25)15(9-22)30-21)31-19(27)10-2-5-12(23)6-3-10/h2-8,15-18,21-26H,9H2,1H3/t15-,16-,17+,18-,21+/m1/s1. The molecule has 11 nitrogen and oxygen atoms in total. The summed E-state index contributed by atoms with van der Waals surface area (Å²) in [6.45, 7) is -0.710. The largest absolute Gasteiger partial charge is 0.508 e. The number of rotatable bonds is 6. The van der Waals surface area contributed by atoms with Crippen molar-refractivity contribution in [2.45, 2.75) is 30.7 Å². The lowest BCUT2D eigenvalue weighted by atomic mass is 9.99. The van der Waals surface area contributed by atoms with E-state index in [0.717, 1.165) is 0 Å². The molecule has 0 aromatic heterocycles. The molecule has 0 unspecified atom stereocenters. The highest BCUT2D eigenvalue weighted by atomic mass is 16.7. The fraction of sp³-hybridized carbons (Fsp3) is 0.333. The SMILES string of the molecule is COc1cc(C(=O)O[C@@H]2O[C@H](CO)[C@@H](O)[C@H](O)[C@H]2OC(=O)c2ccc(O)cc2)ccc1O. The van der Waals surface area contributed by atoms with Gasteiger partial charge in [-0.15, -0.1) is 0 Å². The van der Waals surface area contributed by atoms with Crippen LogP contribution >= 0.6 is 0 Å². The second-order valence-electron chi connectivity index (χ2n) is 6.92. The highest BCUT2D eigenvalue weighted by Crippen LogP contribution is 2.29. The Bertz CT molecular complexity index is 959. The lowest BCUT2D eigenvalue weighted by molar-refractivity contribution is -0.284. The molecule has 1 aliphatic rings. The summed E-state index contributed by atoms with van der Waals surface area (Å²) in [7, 11) is 1.29. The van der Waals surface area contributed by atoms with Crippen LogP contribution in [0.15, 0.2) is 42.5 Å². The van der Waals surface area contributed by atoms with Gasteiger partial charge in [0.15, 0.2) is 17.6 Å². The van der Waals surface area contributed by atoms with Crippen molar-refractivity contribution in [3.63, 3.8) is 0 Å². The zero-order chi connectivity index (χ0) is 23.4. The molecule has 11 heteroatoms. The number of phenolic OH excluding ortho intramolecular Hbond substituents is 2. The lowest BCUT2D eigenvalue weighted by Gasteiger charge is -2.40. The van der Waals surface area contributed by atoms with Gasteiger partial charge in [0.1, 0.15) is 24.1 Å². The first-order chi connectivity index (χ1) is 15.2. The maximum Gasteiger partial charge on any atom is 0.340 e. The van der Waals surface area contributed by atoms with Crippen molar-refractivity contribution >= 4 is 11.9 Å². The average Bonchev–Trinajstić information content (AvgIpc) is 2.79. The Morgan fingerprint density at radius 2 is 1.56 bits per heavy atom. The van der Waals surface area contributed by atoms with Gasteiger partial charge in [-0.3, -0.25) is 0 Å². The second-order valence-corrected chi connectivity index (χ2v) is 6.92. The molecule has 1 heterocycles. The zero-order valence-corrected chi connectivity index (χ0v) is 16.8. The number of phenols is 2. The van der Waals surface area contributed by atoms with Gasteiger partial charge in [0.05, 0.1) is 24.8 Å². The van der Waals surface area contributed by atoms with E-state index >= 15 is 0 Å². The van der Waals surface area contributed by atoms with Gasteiger partial charge in [0, 0.05) is 0 Å². The number of aromatic hydroxyl groups is 2. The van der Waals surface area contributed by atoms with Gasteiger partial charge >= 0.3 is 11.9 Å². The quantitative estimate of drug-likeness (QED) is 0.373. The third-order valence-electron chi connectivity index (χ3n) is 4.81. The highest BCUT2D eigenvalue weighted by Gasteiger charge is 2.48. The molecule has 0 bridgehead atoms. The molecule has 5 atom stereocenters. The number of carbonyl (C=O) groups excluding carboxylic acids is 2. The van der Waals surface area contributed by atoms with Gasteiger partial charge in [-0.1, -0.05) is 0 Å². The Kier molecular flexibility index (Phi) is 7.15. The third kappa shape index (κ3) is 4.92. The highest BCUT2D eigenvalue weighted by molar-refractivity contribution is 5.91. The van der Waals surface area contributed by atoms with Gasteiger partial charge in [0.2, 0.25) is 6.29 Å². The van der Waals surface area contributed by atoms with Crippen molar-refractivity contribution in [3.05, 3.63) is 53.6 Å². The van der Waals surface area contributed by atoms with Gasteiger partial charge in [-0.2, -0.15) is 0 Å². The Hall–Kier alpha value is -3.38. The minimum Gasteiger partial charge on any atom is -0.508 e. The second kappa shape index (κ2) is 9.83. The first kappa shape index (κ1) is 23.3. The molecule has 2 aromatic rings. The van der Waals surface area contributed by atoms with Crippen LogP contribution in [0.4, 0.5) is 0 Å². The molecule has 32 heavy (non-hydrogen) atoms. The molecule has 0 saturated carbocycles. The fourth-order valence-corrected chi connectivity index (χ4v) is 3.04. The van der Waals surface area contributed by atoms with Gasteiger partial charge in [-0.25, -0.2) is 9.59 Å². The molecular formula is C21H22O11. The molecule has 0 aliphatic carbocycles. The normalized spacial score (nSPS) is 25.1. The number of carbonyl (C=O) groups is 2. The monoisotopic (exact) mass is 450 g/mol. The van der Waals surface area contributed by atoms with Crippen LogP contribution in [0.1, 0.15) is 20.7 Å². The first-order valence-electron chi connectivity index (χ1n) is 9.45. The van der Waals surface area contributed by atoms with E-state index in [1.165, 1.54) is 49.6 Å². The van der Waals surface area contributed by atoms with E-state index in [4.69, 9.17) is 18.9 Å². The Balaban J connectivity index is 1.83. The predicted molar refractivity (Wildman–Crippen MR) is 105 cm³/mol. The average molecular weight is 450 g/mol. The summed E-state index contributed by atoms with van der Waals surface area (Å²) in [6, 6.07) is 8.68. The van der Waals surface area contributed by atoms with Crippen LogP contribution in [0, 0.1) is 0 Å². The zero-order valence-electron chi connectivity index (χ0n) is 16.8. The lowest BCUT2D eigenvalue weighted by Crippen LogP contribution is -2.60. The van der Waals surface area contributed by atoms with Crippen molar-refractivity contribution in [1.82, 2.24) is 0 Å². The number of ether oxygens (including phenoxy) is 4. The van der Waals surface area contributed by atoms with Crippen LogP contribution in [0.5, 0.6) is 17.2 Å². The van der Waals surface area contributed by atoms with Crippen LogP contribution < -0.4 is 4.74 Å². The van der Waals surface area contributed by atoms with Crippen LogP contribution in [0.25, 0.3) is 0 Å². The minimum absolute atomic E-state index is 0.00279. The number of esters is 2. The van der Waals surface area contributed by atoms with E-state index in [9.17, 15) is 35.1 Å². The number of hydrogen-bond donors (Lipinski definition) is 5. The smallest absolute Gasteiger partial charge is 0.340 e. The van der Waals surface area contributed by atoms with Crippen molar-refractivity contribution in [2.75, 3.05) is 13.7 Å². The third-order valence-corrected chi connectivity index (χ3v) is 4.81. The summed E-state index contributed by atoms with van der Waals surface area (Å²) >= 11 is 0. The Morgan fingerprint density at radius 3 is 2.19 bits per heavy atom. The van der Waals surface area contributed by atoms with E-state index in [2.05, 4.69) is 0 Å². The van der Waals surface area contributed by atoms with Gasteiger partial charge < -0.3 is 44.5 Å². The first-order valence-corrected chi connectivity index (χ1v) is 9.45. The molecular weight excluding hydrogens is 428 g/mol. The van der Waals surface area contributed by atoms with Gasteiger partial charge in [0.25, 0.3) is 0 Å². The summed E-state index contributed by atoms with van der Waals surface area (Å²) in [5.74, 6) is -2.21. The van der Waals surface area contributed by atoms with E-state index in [0.29, 0.717) is 0 Å². The number of aliphatic hydroxyl groups excluding tert-OH is 3. The summed E-state index contributed by atoms with van der Waals surface area (Å²) < 4.78 is 20.8. The van der Waals surface area contributed by atoms with Crippen molar-refractivity contribution in [1.29, 1.82) is 0 Å². The summed E-state index contributed by atoms with van der Waals surface area (Å²) in [5.41, 5.74) is -0.0323. The topological polar surface area (TPSA) is 172 Å². The number of benzene rings is 2. The fourth-order valence-electron chi connectivity index (χ4n) is 3.04. The molecule has 5 N–H and O–H groups in total. The molecule has 0 spiro atoms. The summed E-state index contributed by atoms with van der Waals surface area (Å²) in [5, 5.41) is 49.0. The van der Waals surface area contributed by atoms with E-state index in [1.54, 1.807) is 0 Å². The van der Waals surface area contributed by atoms with Crippen LogP contribution in [-0.4, -0.2) is 81.9 Å². The molecule has 3 rings (SSSR count). The van der Waals surface area contributed by atoms with Gasteiger partial charge in [-0.05, 0) is 42.5 Å².